The molecule has 4 aromatic rings. The summed E-state index contributed by atoms with van der Waals surface area (Å²) in [6, 6.07) is 18.3. The predicted octanol–water partition coefficient (Wildman–Crippen LogP) is 4.02. The first-order chi connectivity index (χ1) is 16.3. The number of rotatable bonds is 6. The number of nitrogens with zero attached hydrogens (tertiary/aromatic N) is 3. The van der Waals surface area contributed by atoms with Crippen LogP contribution in [0.2, 0.25) is 0 Å². The minimum atomic E-state index is -3.34. The quantitative estimate of drug-likeness (QED) is 0.440. The summed E-state index contributed by atoms with van der Waals surface area (Å²) in [5.41, 5.74) is 6.72. The zero-order valence-corrected chi connectivity index (χ0v) is 20.3. The smallest absolute Gasteiger partial charge is 0.229 e. The first-order valence-electron chi connectivity index (χ1n) is 11.4. The van der Waals surface area contributed by atoms with E-state index in [0.717, 1.165) is 72.3 Å². The molecule has 1 aliphatic heterocycles. The molecule has 1 fully saturated rings. The summed E-state index contributed by atoms with van der Waals surface area (Å²) < 4.78 is 25.8. The Morgan fingerprint density at radius 2 is 1.74 bits per heavy atom. The zero-order chi connectivity index (χ0) is 23.7. The molecule has 34 heavy (non-hydrogen) atoms. The average Bonchev–Trinajstić information content (AvgIpc) is 3.23. The first kappa shape index (κ1) is 22.6. The molecule has 2 aromatic carbocycles. The highest BCUT2D eigenvalue weighted by Crippen LogP contribution is 2.32. The second-order valence-corrected chi connectivity index (χ2v) is 10.8. The number of fused-ring (bicyclic) bond motifs is 1. The van der Waals surface area contributed by atoms with Gasteiger partial charge in [0.25, 0.3) is 0 Å². The van der Waals surface area contributed by atoms with Gasteiger partial charge >= 0.3 is 0 Å². The van der Waals surface area contributed by atoms with E-state index in [1.807, 2.05) is 30.6 Å². The van der Waals surface area contributed by atoms with E-state index in [-0.39, 0.29) is 0 Å². The van der Waals surface area contributed by atoms with Crippen molar-refractivity contribution in [2.45, 2.75) is 6.54 Å². The third-order valence-electron chi connectivity index (χ3n) is 6.30. The van der Waals surface area contributed by atoms with Crippen LogP contribution < -0.4 is 4.72 Å². The number of hydrogen-bond acceptors (Lipinski definition) is 5. The molecule has 0 spiro atoms. The summed E-state index contributed by atoms with van der Waals surface area (Å²) >= 11 is 0. The number of aromatic amines is 1. The van der Waals surface area contributed by atoms with Crippen molar-refractivity contribution in [3.05, 3.63) is 72.6 Å². The summed E-state index contributed by atoms with van der Waals surface area (Å²) in [4.78, 5) is 12.7. The van der Waals surface area contributed by atoms with Gasteiger partial charge < -0.3 is 9.88 Å². The SMILES string of the molecule is CN1CCN(Cc2ccc(-c3cnc4[nH]cc(-c5cccc(NS(C)(=O)=O)c5)c4c3)cc2)CC1. The Kier molecular flexibility index (Phi) is 6.12. The molecule has 176 valence electrons. The predicted molar refractivity (Wildman–Crippen MR) is 138 cm³/mol. The van der Waals surface area contributed by atoms with Gasteiger partial charge in [0.05, 0.1) is 6.26 Å². The fourth-order valence-corrected chi connectivity index (χ4v) is 4.99. The van der Waals surface area contributed by atoms with Crippen LogP contribution in [0.15, 0.2) is 67.0 Å². The Morgan fingerprint density at radius 3 is 2.47 bits per heavy atom. The molecule has 7 nitrogen and oxygen atoms in total. The minimum absolute atomic E-state index is 0.536. The molecule has 0 unspecified atom stereocenters. The van der Waals surface area contributed by atoms with Crippen molar-refractivity contribution in [3.63, 3.8) is 0 Å². The van der Waals surface area contributed by atoms with Gasteiger partial charge in [0.15, 0.2) is 0 Å². The molecule has 0 atom stereocenters. The number of H-pyrrole nitrogens is 1. The fraction of sp³-hybridized carbons (Fsp3) is 0.269. The van der Waals surface area contributed by atoms with Crippen molar-refractivity contribution in [3.8, 4) is 22.3 Å². The van der Waals surface area contributed by atoms with Gasteiger partial charge in [-0.25, -0.2) is 13.4 Å². The molecular weight excluding hydrogens is 446 g/mol. The van der Waals surface area contributed by atoms with Crippen LogP contribution in [0.5, 0.6) is 0 Å². The molecule has 0 radical (unpaired) electrons. The Balaban J connectivity index is 1.40. The van der Waals surface area contributed by atoms with E-state index in [2.05, 4.69) is 61.9 Å². The van der Waals surface area contributed by atoms with Crippen molar-refractivity contribution in [1.29, 1.82) is 0 Å². The third kappa shape index (κ3) is 5.14. The number of pyridine rings is 1. The topological polar surface area (TPSA) is 81.3 Å². The maximum atomic E-state index is 11.6. The summed E-state index contributed by atoms with van der Waals surface area (Å²) in [6.45, 7) is 5.43. The molecular formula is C26H29N5O2S. The highest BCUT2D eigenvalue weighted by atomic mass is 32.2. The number of nitrogens with one attached hydrogen (secondary N) is 2. The minimum Gasteiger partial charge on any atom is -0.346 e. The molecule has 8 heteroatoms. The van der Waals surface area contributed by atoms with E-state index >= 15 is 0 Å². The highest BCUT2D eigenvalue weighted by Gasteiger charge is 2.14. The van der Waals surface area contributed by atoms with Gasteiger partial charge in [-0.05, 0) is 41.9 Å². The monoisotopic (exact) mass is 475 g/mol. The summed E-state index contributed by atoms with van der Waals surface area (Å²) in [7, 11) is -1.16. The van der Waals surface area contributed by atoms with Gasteiger partial charge in [0.1, 0.15) is 5.65 Å². The van der Waals surface area contributed by atoms with Crippen molar-refractivity contribution in [2.24, 2.45) is 0 Å². The Labute approximate surface area is 200 Å². The van der Waals surface area contributed by atoms with Gasteiger partial charge in [-0.1, -0.05) is 36.4 Å². The Hall–Kier alpha value is -3.20. The summed E-state index contributed by atoms with van der Waals surface area (Å²) in [6.07, 6.45) is 4.96. The van der Waals surface area contributed by atoms with Gasteiger partial charge in [-0.3, -0.25) is 9.62 Å². The molecule has 0 aliphatic carbocycles. The van der Waals surface area contributed by atoms with Gasteiger partial charge in [-0.2, -0.15) is 0 Å². The number of benzene rings is 2. The Morgan fingerprint density at radius 1 is 0.971 bits per heavy atom. The van der Waals surface area contributed by atoms with Crippen LogP contribution in [0, 0.1) is 0 Å². The van der Waals surface area contributed by atoms with E-state index in [1.54, 1.807) is 6.07 Å². The molecule has 1 saturated heterocycles. The van der Waals surface area contributed by atoms with Crippen LogP contribution in [0.1, 0.15) is 5.56 Å². The van der Waals surface area contributed by atoms with E-state index in [1.165, 1.54) is 5.56 Å². The highest BCUT2D eigenvalue weighted by molar-refractivity contribution is 7.92. The molecule has 0 saturated carbocycles. The molecule has 5 rings (SSSR count). The standard InChI is InChI=1S/C26H29N5O2S/c1-30-10-12-31(13-11-30)18-19-6-8-20(9-7-19)22-15-24-25(17-28-26(24)27-16-22)21-4-3-5-23(14-21)29-34(2,32)33/h3-9,14-17,29H,10-13,18H2,1-2H3,(H,27,28). The maximum Gasteiger partial charge on any atom is 0.229 e. The lowest BCUT2D eigenvalue weighted by atomic mass is 10.0. The van der Waals surface area contributed by atoms with Gasteiger partial charge in [-0.15, -0.1) is 0 Å². The van der Waals surface area contributed by atoms with E-state index < -0.39 is 10.0 Å². The van der Waals surface area contributed by atoms with E-state index in [0.29, 0.717) is 5.69 Å². The number of aromatic nitrogens is 2. The van der Waals surface area contributed by atoms with Crippen LogP contribution in [-0.2, 0) is 16.6 Å². The number of hydrogen-bond donors (Lipinski definition) is 2. The van der Waals surface area contributed by atoms with Crippen LogP contribution in [-0.4, -0.2) is 67.7 Å². The fourth-order valence-electron chi connectivity index (χ4n) is 4.43. The lowest BCUT2D eigenvalue weighted by molar-refractivity contribution is 0.148. The van der Waals surface area contributed by atoms with Crippen molar-refractivity contribution in [2.75, 3.05) is 44.2 Å². The Bertz CT molecular complexity index is 1400. The second kappa shape index (κ2) is 9.21. The number of piperazine rings is 1. The first-order valence-corrected chi connectivity index (χ1v) is 13.3. The zero-order valence-electron chi connectivity index (χ0n) is 19.5. The van der Waals surface area contributed by atoms with Crippen molar-refractivity contribution >= 4 is 26.7 Å². The summed E-state index contributed by atoms with van der Waals surface area (Å²) in [5.74, 6) is 0. The van der Waals surface area contributed by atoms with Gasteiger partial charge in [0.2, 0.25) is 10.0 Å². The van der Waals surface area contributed by atoms with Crippen LogP contribution in [0.4, 0.5) is 5.69 Å². The number of sulfonamides is 1. The lowest BCUT2D eigenvalue weighted by Gasteiger charge is -2.32. The lowest BCUT2D eigenvalue weighted by Crippen LogP contribution is -2.43. The average molecular weight is 476 g/mol. The van der Waals surface area contributed by atoms with Crippen LogP contribution in [0.3, 0.4) is 0 Å². The molecule has 1 aliphatic rings. The van der Waals surface area contributed by atoms with Crippen molar-refractivity contribution in [1.82, 2.24) is 19.8 Å². The number of anilines is 1. The molecule has 2 N–H and O–H groups in total. The largest absolute Gasteiger partial charge is 0.346 e. The molecule has 3 heterocycles. The van der Waals surface area contributed by atoms with Gasteiger partial charge in [0, 0.05) is 67.3 Å². The van der Waals surface area contributed by atoms with Crippen LogP contribution in [0.25, 0.3) is 33.3 Å². The molecule has 2 aromatic heterocycles. The van der Waals surface area contributed by atoms with E-state index in [9.17, 15) is 8.42 Å². The number of likely N-dealkylation sites (N-methyl/N-ethyl adjacent to an activating group) is 1. The van der Waals surface area contributed by atoms with E-state index in [4.69, 9.17) is 0 Å². The second-order valence-electron chi connectivity index (χ2n) is 9.05. The summed E-state index contributed by atoms with van der Waals surface area (Å²) in [5, 5.41) is 0.996. The molecule has 0 amide bonds. The van der Waals surface area contributed by atoms with Crippen LogP contribution >= 0.6 is 0 Å². The molecule has 0 bridgehead atoms. The van der Waals surface area contributed by atoms with Crippen molar-refractivity contribution < 1.29 is 8.42 Å². The maximum absolute atomic E-state index is 11.6. The third-order valence-corrected chi connectivity index (χ3v) is 6.90. The normalized spacial score (nSPS) is 15.6.